The SMILES string of the molecule is CC(C)COc1cccc(C(=O)Nc2ccc(C(=O)N3CCOCC3)cc2)c1. The van der Waals surface area contributed by atoms with Crippen LogP contribution in [0.25, 0.3) is 0 Å². The number of ether oxygens (including phenoxy) is 2. The summed E-state index contributed by atoms with van der Waals surface area (Å²) in [6, 6.07) is 14.1. The Labute approximate surface area is 165 Å². The summed E-state index contributed by atoms with van der Waals surface area (Å²) >= 11 is 0. The first kappa shape index (κ1) is 19.9. The van der Waals surface area contributed by atoms with Gasteiger partial charge in [-0.25, -0.2) is 0 Å². The first-order valence-corrected chi connectivity index (χ1v) is 9.54. The van der Waals surface area contributed by atoms with Crippen LogP contribution < -0.4 is 10.1 Å². The molecule has 0 aliphatic carbocycles. The van der Waals surface area contributed by atoms with Crippen LogP contribution in [0.5, 0.6) is 5.75 Å². The molecule has 0 bridgehead atoms. The highest BCUT2D eigenvalue weighted by Crippen LogP contribution is 2.17. The first-order chi connectivity index (χ1) is 13.5. The van der Waals surface area contributed by atoms with E-state index in [0.717, 1.165) is 0 Å². The van der Waals surface area contributed by atoms with E-state index in [0.29, 0.717) is 61.4 Å². The van der Waals surface area contributed by atoms with Crippen LogP contribution in [0.3, 0.4) is 0 Å². The summed E-state index contributed by atoms with van der Waals surface area (Å²) in [5, 5.41) is 2.86. The van der Waals surface area contributed by atoms with Gasteiger partial charge in [0, 0.05) is 29.9 Å². The third-order valence-corrected chi connectivity index (χ3v) is 4.37. The van der Waals surface area contributed by atoms with Crippen LogP contribution in [0.1, 0.15) is 34.6 Å². The van der Waals surface area contributed by atoms with E-state index in [1.165, 1.54) is 0 Å². The number of nitrogens with zero attached hydrogens (tertiary/aromatic N) is 1. The number of carbonyl (C=O) groups is 2. The predicted molar refractivity (Wildman–Crippen MR) is 108 cm³/mol. The molecule has 1 N–H and O–H groups in total. The highest BCUT2D eigenvalue weighted by atomic mass is 16.5. The van der Waals surface area contributed by atoms with E-state index >= 15 is 0 Å². The molecule has 3 rings (SSSR count). The molecule has 1 aliphatic heterocycles. The van der Waals surface area contributed by atoms with Gasteiger partial charge in [0.1, 0.15) is 5.75 Å². The first-order valence-electron chi connectivity index (χ1n) is 9.54. The second-order valence-corrected chi connectivity index (χ2v) is 7.17. The predicted octanol–water partition coefficient (Wildman–Crippen LogP) is 3.45. The Kier molecular flexibility index (Phi) is 6.66. The minimum absolute atomic E-state index is 0.0174. The van der Waals surface area contributed by atoms with Crippen molar-refractivity contribution in [1.29, 1.82) is 0 Å². The molecule has 148 valence electrons. The van der Waals surface area contributed by atoms with E-state index < -0.39 is 0 Å². The quantitative estimate of drug-likeness (QED) is 0.831. The van der Waals surface area contributed by atoms with E-state index in [1.54, 1.807) is 47.4 Å². The Morgan fingerprint density at radius 3 is 2.46 bits per heavy atom. The third kappa shape index (κ3) is 5.33. The molecule has 0 aromatic heterocycles. The number of rotatable bonds is 6. The van der Waals surface area contributed by atoms with E-state index in [9.17, 15) is 9.59 Å². The zero-order valence-corrected chi connectivity index (χ0v) is 16.3. The van der Waals surface area contributed by atoms with Crippen LogP contribution in [-0.4, -0.2) is 49.6 Å². The van der Waals surface area contributed by atoms with E-state index in [4.69, 9.17) is 9.47 Å². The average molecular weight is 382 g/mol. The molecule has 0 atom stereocenters. The lowest BCUT2D eigenvalue weighted by molar-refractivity contribution is 0.0303. The second kappa shape index (κ2) is 9.37. The lowest BCUT2D eigenvalue weighted by Crippen LogP contribution is -2.40. The molecular formula is C22H26N2O4. The van der Waals surface area contributed by atoms with E-state index in [-0.39, 0.29) is 11.8 Å². The number of amides is 2. The standard InChI is InChI=1S/C22H26N2O4/c1-16(2)15-28-20-5-3-4-18(14-20)21(25)23-19-8-6-17(7-9-19)22(26)24-10-12-27-13-11-24/h3-9,14,16H,10-13,15H2,1-2H3,(H,23,25). The lowest BCUT2D eigenvalue weighted by atomic mass is 10.1. The van der Waals surface area contributed by atoms with Crippen molar-refractivity contribution in [1.82, 2.24) is 4.90 Å². The fraction of sp³-hybridized carbons (Fsp3) is 0.364. The van der Waals surface area contributed by atoms with Crippen molar-refractivity contribution < 1.29 is 19.1 Å². The van der Waals surface area contributed by atoms with Crippen LogP contribution in [0.15, 0.2) is 48.5 Å². The molecule has 2 aromatic carbocycles. The minimum atomic E-state index is -0.220. The van der Waals surface area contributed by atoms with Crippen molar-refractivity contribution >= 4 is 17.5 Å². The number of morpholine rings is 1. The molecular weight excluding hydrogens is 356 g/mol. The molecule has 1 fully saturated rings. The fourth-order valence-corrected chi connectivity index (χ4v) is 2.84. The zero-order valence-electron chi connectivity index (χ0n) is 16.3. The molecule has 0 unspecified atom stereocenters. The molecule has 2 aromatic rings. The summed E-state index contributed by atoms with van der Waals surface area (Å²) in [6.45, 7) is 7.09. The molecule has 6 nitrogen and oxygen atoms in total. The van der Waals surface area contributed by atoms with Crippen LogP contribution >= 0.6 is 0 Å². The Balaban J connectivity index is 1.61. The molecule has 0 radical (unpaired) electrons. The summed E-state index contributed by atoms with van der Waals surface area (Å²) in [5.74, 6) is 0.849. The van der Waals surface area contributed by atoms with Gasteiger partial charge in [-0.3, -0.25) is 9.59 Å². The molecule has 6 heteroatoms. The normalized spacial score (nSPS) is 14.0. The van der Waals surface area contributed by atoms with Gasteiger partial charge in [0.25, 0.3) is 11.8 Å². The number of anilines is 1. The second-order valence-electron chi connectivity index (χ2n) is 7.17. The maximum Gasteiger partial charge on any atom is 0.255 e. The van der Waals surface area contributed by atoms with Gasteiger partial charge < -0.3 is 19.7 Å². The monoisotopic (exact) mass is 382 g/mol. The number of hydrogen-bond acceptors (Lipinski definition) is 4. The smallest absolute Gasteiger partial charge is 0.255 e. The zero-order chi connectivity index (χ0) is 19.9. The Bertz CT molecular complexity index is 812. The summed E-state index contributed by atoms with van der Waals surface area (Å²) in [5.41, 5.74) is 1.76. The average Bonchev–Trinajstić information content (AvgIpc) is 2.73. The maximum atomic E-state index is 12.5. The van der Waals surface area contributed by atoms with Gasteiger partial charge in [0.2, 0.25) is 0 Å². The third-order valence-electron chi connectivity index (χ3n) is 4.37. The fourth-order valence-electron chi connectivity index (χ4n) is 2.84. The molecule has 0 saturated carbocycles. The Morgan fingerprint density at radius 2 is 1.79 bits per heavy atom. The van der Waals surface area contributed by atoms with Gasteiger partial charge in [-0.2, -0.15) is 0 Å². The Hall–Kier alpha value is -2.86. The van der Waals surface area contributed by atoms with Crippen LogP contribution in [-0.2, 0) is 4.74 Å². The topological polar surface area (TPSA) is 67.9 Å². The van der Waals surface area contributed by atoms with E-state index in [2.05, 4.69) is 19.2 Å². The Morgan fingerprint density at radius 1 is 1.07 bits per heavy atom. The number of benzene rings is 2. The molecule has 2 amide bonds. The van der Waals surface area contributed by atoms with Crippen molar-refractivity contribution in [2.45, 2.75) is 13.8 Å². The molecule has 28 heavy (non-hydrogen) atoms. The van der Waals surface area contributed by atoms with Crippen molar-refractivity contribution in [2.75, 3.05) is 38.2 Å². The van der Waals surface area contributed by atoms with Crippen LogP contribution in [0.4, 0.5) is 5.69 Å². The van der Waals surface area contributed by atoms with Crippen molar-refractivity contribution in [3.05, 3.63) is 59.7 Å². The van der Waals surface area contributed by atoms with Gasteiger partial charge in [-0.1, -0.05) is 19.9 Å². The van der Waals surface area contributed by atoms with Gasteiger partial charge in [-0.05, 0) is 48.4 Å². The number of hydrogen-bond donors (Lipinski definition) is 1. The van der Waals surface area contributed by atoms with Crippen LogP contribution in [0.2, 0.25) is 0 Å². The van der Waals surface area contributed by atoms with Crippen molar-refractivity contribution in [3.63, 3.8) is 0 Å². The molecule has 1 aliphatic rings. The number of carbonyl (C=O) groups excluding carboxylic acids is 2. The number of nitrogens with one attached hydrogen (secondary N) is 1. The lowest BCUT2D eigenvalue weighted by Gasteiger charge is -2.26. The highest BCUT2D eigenvalue weighted by Gasteiger charge is 2.18. The summed E-state index contributed by atoms with van der Waals surface area (Å²) in [4.78, 5) is 26.8. The summed E-state index contributed by atoms with van der Waals surface area (Å²) in [6.07, 6.45) is 0. The summed E-state index contributed by atoms with van der Waals surface area (Å²) < 4.78 is 11.0. The molecule has 1 heterocycles. The van der Waals surface area contributed by atoms with Gasteiger partial charge in [0.05, 0.1) is 19.8 Å². The van der Waals surface area contributed by atoms with Crippen LogP contribution in [0, 0.1) is 5.92 Å². The van der Waals surface area contributed by atoms with Gasteiger partial charge >= 0.3 is 0 Å². The maximum absolute atomic E-state index is 12.5. The molecule has 1 saturated heterocycles. The largest absolute Gasteiger partial charge is 0.493 e. The highest BCUT2D eigenvalue weighted by molar-refractivity contribution is 6.04. The van der Waals surface area contributed by atoms with Gasteiger partial charge in [0.15, 0.2) is 0 Å². The summed E-state index contributed by atoms with van der Waals surface area (Å²) in [7, 11) is 0. The van der Waals surface area contributed by atoms with Gasteiger partial charge in [-0.15, -0.1) is 0 Å². The molecule has 0 spiro atoms. The minimum Gasteiger partial charge on any atom is -0.493 e. The van der Waals surface area contributed by atoms with E-state index in [1.807, 2.05) is 6.07 Å². The van der Waals surface area contributed by atoms with Crippen molar-refractivity contribution in [3.8, 4) is 5.75 Å². The van der Waals surface area contributed by atoms with Crippen molar-refractivity contribution in [2.24, 2.45) is 5.92 Å².